The van der Waals surface area contributed by atoms with Crippen LogP contribution in [0.2, 0.25) is 0 Å². The van der Waals surface area contributed by atoms with Crippen LogP contribution >= 0.6 is 0 Å². The second-order valence-corrected chi connectivity index (χ2v) is 10.1. The van der Waals surface area contributed by atoms with Gasteiger partial charge in [-0.15, -0.1) is 0 Å². The van der Waals surface area contributed by atoms with E-state index in [-0.39, 0.29) is 17.2 Å². The van der Waals surface area contributed by atoms with Crippen LogP contribution in [0.4, 0.5) is 13.2 Å². The summed E-state index contributed by atoms with van der Waals surface area (Å²) in [4.78, 5) is 0. The van der Waals surface area contributed by atoms with Crippen molar-refractivity contribution in [3.63, 3.8) is 0 Å². The standard InChI is InChI=1S/C34H34F3N/c1-2-3-4-5-6-7-24-8-13-27(32(35)21-24)14-9-25-12-19-31-29(20-25)18-17-28(34(31)37)15-10-26-11-16-30(23-38)33(36)22-26/h8,11-13,16-22H,2-7,9-10,14-15H2,1H3. The SMILES string of the molecule is CCCCCCCc1ccc(CCc2ccc3c(F)c(CCc4ccc(C#N)c(F)c4)ccc3c2)c(F)c1. The Labute approximate surface area is 223 Å². The topological polar surface area (TPSA) is 23.8 Å². The lowest BCUT2D eigenvalue weighted by Crippen LogP contribution is -1.99. The molecule has 0 aliphatic rings. The van der Waals surface area contributed by atoms with Crippen LogP contribution in [0.25, 0.3) is 10.8 Å². The fourth-order valence-corrected chi connectivity index (χ4v) is 4.98. The van der Waals surface area contributed by atoms with E-state index in [1.165, 1.54) is 37.8 Å². The summed E-state index contributed by atoms with van der Waals surface area (Å²) in [5.74, 6) is -0.959. The molecule has 0 fully saturated rings. The quantitative estimate of drug-likeness (QED) is 0.173. The highest BCUT2D eigenvalue weighted by Crippen LogP contribution is 2.25. The molecule has 4 aromatic carbocycles. The van der Waals surface area contributed by atoms with Gasteiger partial charge in [0.15, 0.2) is 0 Å². The number of nitriles is 1. The summed E-state index contributed by atoms with van der Waals surface area (Å²) >= 11 is 0. The molecule has 4 aromatic rings. The van der Waals surface area contributed by atoms with Crippen molar-refractivity contribution >= 4 is 10.8 Å². The third kappa shape index (κ3) is 7.04. The Hall–Kier alpha value is -3.58. The normalized spacial score (nSPS) is 11.1. The average molecular weight is 514 g/mol. The molecule has 0 unspecified atom stereocenters. The maximum Gasteiger partial charge on any atom is 0.141 e. The summed E-state index contributed by atoms with van der Waals surface area (Å²) in [5, 5.41) is 10.2. The molecule has 0 spiro atoms. The predicted octanol–water partition coefficient (Wildman–Crippen LogP) is 9.21. The van der Waals surface area contributed by atoms with Crippen LogP contribution in [0, 0.1) is 28.8 Å². The Morgan fingerprint density at radius 1 is 0.605 bits per heavy atom. The molecule has 0 saturated carbocycles. The van der Waals surface area contributed by atoms with Gasteiger partial charge in [0.25, 0.3) is 0 Å². The highest BCUT2D eigenvalue weighted by molar-refractivity contribution is 5.84. The third-order valence-electron chi connectivity index (χ3n) is 7.30. The van der Waals surface area contributed by atoms with Crippen LogP contribution in [-0.2, 0) is 32.1 Å². The Morgan fingerprint density at radius 2 is 1.24 bits per heavy atom. The molecule has 1 nitrogen and oxygen atoms in total. The van der Waals surface area contributed by atoms with Gasteiger partial charge in [0.1, 0.15) is 23.5 Å². The van der Waals surface area contributed by atoms with Gasteiger partial charge in [0, 0.05) is 5.39 Å². The van der Waals surface area contributed by atoms with Gasteiger partial charge in [0.05, 0.1) is 5.56 Å². The van der Waals surface area contributed by atoms with E-state index in [1.807, 2.05) is 36.4 Å². The molecule has 0 N–H and O–H groups in total. The first-order valence-corrected chi connectivity index (χ1v) is 13.6. The number of rotatable bonds is 12. The van der Waals surface area contributed by atoms with Crippen molar-refractivity contribution in [2.75, 3.05) is 0 Å². The van der Waals surface area contributed by atoms with Crippen molar-refractivity contribution in [2.24, 2.45) is 0 Å². The molecule has 196 valence electrons. The molecule has 4 rings (SSSR count). The third-order valence-corrected chi connectivity index (χ3v) is 7.30. The van der Waals surface area contributed by atoms with Crippen LogP contribution in [0.1, 0.15) is 72.4 Å². The lowest BCUT2D eigenvalue weighted by Gasteiger charge is -2.10. The van der Waals surface area contributed by atoms with Crippen molar-refractivity contribution in [3.8, 4) is 6.07 Å². The molecule has 0 saturated heterocycles. The summed E-state index contributed by atoms with van der Waals surface area (Å²) in [6.07, 6.45) is 9.12. The molecule has 0 atom stereocenters. The van der Waals surface area contributed by atoms with Gasteiger partial charge < -0.3 is 0 Å². The molecular weight excluding hydrogens is 479 g/mol. The average Bonchev–Trinajstić information content (AvgIpc) is 2.92. The highest BCUT2D eigenvalue weighted by Gasteiger charge is 2.11. The summed E-state index contributed by atoms with van der Waals surface area (Å²) in [7, 11) is 0. The minimum absolute atomic E-state index is 0.00867. The first kappa shape index (κ1) is 27.5. The zero-order valence-electron chi connectivity index (χ0n) is 22.0. The maximum atomic E-state index is 15.2. The van der Waals surface area contributed by atoms with E-state index < -0.39 is 5.82 Å². The van der Waals surface area contributed by atoms with Gasteiger partial charge in [-0.05, 0) is 89.9 Å². The zero-order valence-corrected chi connectivity index (χ0v) is 22.0. The van der Waals surface area contributed by atoms with Crippen molar-refractivity contribution < 1.29 is 13.2 Å². The first-order chi connectivity index (χ1) is 18.5. The number of aryl methyl sites for hydroxylation is 5. The number of fused-ring (bicyclic) bond motifs is 1. The largest absolute Gasteiger partial charge is 0.207 e. The van der Waals surface area contributed by atoms with E-state index in [9.17, 15) is 8.78 Å². The molecule has 0 aliphatic carbocycles. The Kier molecular flexibility index (Phi) is 9.60. The Morgan fingerprint density at radius 3 is 1.97 bits per heavy atom. The minimum Gasteiger partial charge on any atom is -0.207 e. The molecule has 0 amide bonds. The number of benzene rings is 4. The number of hydrogen-bond donors (Lipinski definition) is 0. The predicted molar refractivity (Wildman–Crippen MR) is 149 cm³/mol. The monoisotopic (exact) mass is 513 g/mol. The molecule has 0 bridgehead atoms. The van der Waals surface area contributed by atoms with E-state index in [2.05, 4.69) is 6.92 Å². The van der Waals surface area contributed by atoms with Crippen molar-refractivity contribution in [1.82, 2.24) is 0 Å². The smallest absolute Gasteiger partial charge is 0.141 e. The van der Waals surface area contributed by atoms with Crippen molar-refractivity contribution in [3.05, 3.63) is 118 Å². The number of hydrogen-bond acceptors (Lipinski definition) is 1. The fraction of sp³-hybridized carbons (Fsp3) is 0.324. The van der Waals surface area contributed by atoms with Crippen LogP contribution < -0.4 is 0 Å². The van der Waals surface area contributed by atoms with Gasteiger partial charge in [-0.3, -0.25) is 0 Å². The maximum absolute atomic E-state index is 15.2. The molecule has 4 heteroatoms. The lowest BCUT2D eigenvalue weighted by atomic mass is 9.96. The Balaban J connectivity index is 1.36. The first-order valence-electron chi connectivity index (χ1n) is 13.6. The molecule has 0 heterocycles. The zero-order chi connectivity index (χ0) is 26.9. The van der Waals surface area contributed by atoms with Crippen LogP contribution in [0.5, 0.6) is 0 Å². The van der Waals surface area contributed by atoms with Crippen molar-refractivity contribution in [2.45, 2.75) is 71.1 Å². The second-order valence-electron chi connectivity index (χ2n) is 10.1. The number of nitrogens with zero attached hydrogens (tertiary/aromatic N) is 1. The number of unbranched alkanes of at least 4 members (excludes halogenated alkanes) is 4. The van der Waals surface area contributed by atoms with E-state index in [4.69, 9.17) is 5.26 Å². The summed E-state index contributed by atoms with van der Waals surface area (Å²) < 4.78 is 43.8. The van der Waals surface area contributed by atoms with Gasteiger partial charge in [-0.2, -0.15) is 5.26 Å². The van der Waals surface area contributed by atoms with E-state index in [1.54, 1.807) is 24.3 Å². The molecular formula is C34H34F3N. The number of halogens is 3. The van der Waals surface area contributed by atoms with Crippen LogP contribution in [-0.4, -0.2) is 0 Å². The van der Waals surface area contributed by atoms with Gasteiger partial charge in [-0.25, -0.2) is 13.2 Å². The van der Waals surface area contributed by atoms with Crippen LogP contribution in [0.15, 0.2) is 66.7 Å². The second kappa shape index (κ2) is 13.3. The molecule has 38 heavy (non-hydrogen) atoms. The van der Waals surface area contributed by atoms with Crippen molar-refractivity contribution in [1.29, 1.82) is 5.26 Å². The van der Waals surface area contributed by atoms with Gasteiger partial charge in [-0.1, -0.05) is 81.1 Å². The van der Waals surface area contributed by atoms with Gasteiger partial charge in [0.2, 0.25) is 0 Å². The van der Waals surface area contributed by atoms with E-state index in [0.29, 0.717) is 42.2 Å². The van der Waals surface area contributed by atoms with E-state index >= 15 is 4.39 Å². The fourth-order valence-electron chi connectivity index (χ4n) is 4.98. The summed E-state index contributed by atoms with van der Waals surface area (Å²) in [6, 6.07) is 21.3. The van der Waals surface area contributed by atoms with Gasteiger partial charge >= 0.3 is 0 Å². The van der Waals surface area contributed by atoms with E-state index in [0.717, 1.165) is 34.9 Å². The highest BCUT2D eigenvalue weighted by atomic mass is 19.1. The van der Waals surface area contributed by atoms with Crippen LogP contribution in [0.3, 0.4) is 0 Å². The minimum atomic E-state index is -0.551. The lowest BCUT2D eigenvalue weighted by molar-refractivity contribution is 0.601. The molecule has 0 aliphatic heterocycles. The summed E-state index contributed by atoms with van der Waals surface area (Å²) in [5.41, 5.74) is 4.11. The molecule has 0 aromatic heterocycles. The Bertz CT molecular complexity index is 1430. The summed E-state index contributed by atoms with van der Waals surface area (Å²) in [6.45, 7) is 2.20. The molecule has 0 radical (unpaired) electrons.